The van der Waals surface area contributed by atoms with Gasteiger partial charge in [0.15, 0.2) is 23.0 Å². The maximum Gasteiger partial charge on any atom is 0.161 e. The van der Waals surface area contributed by atoms with Gasteiger partial charge in [-0.1, -0.05) is 6.07 Å². The number of pyridine rings is 1. The van der Waals surface area contributed by atoms with Crippen LogP contribution in [0.1, 0.15) is 25.1 Å². The second kappa shape index (κ2) is 8.62. The Morgan fingerprint density at radius 2 is 1.48 bits per heavy atom. The van der Waals surface area contributed by atoms with Crippen LogP contribution in [0.15, 0.2) is 42.6 Å². The lowest BCUT2D eigenvalue weighted by molar-refractivity contribution is 0.287. The molecule has 2 aromatic carbocycles. The fourth-order valence-electron chi connectivity index (χ4n) is 3.10. The van der Waals surface area contributed by atoms with E-state index in [4.69, 9.17) is 18.9 Å². The van der Waals surface area contributed by atoms with Crippen LogP contribution in [0, 0.1) is 0 Å². The van der Waals surface area contributed by atoms with Crippen molar-refractivity contribution in [3.05, 3.63) is 53.9 Å². The molecule has 0 amide bonds. The van der Waals surface area contributed by atoms with Gasteiger partial charge >= 0.3 is 0 Å². The Balaban J connectivity index is 2.00. The third-order valence-corrected chi connectivity index (χ3v) is 4.33. The minimum atomic E-state index is 0.590. The van der Waals surface area contributed by atoms with Gasteiger partial charge in [-0.25, -0.2) is 0 Å². The highest BCUT2D eigenvalue weighted by atomic mass is 16.5. The van der Waals surface area contributed by atoms with Gasteiger partial charge in [0.2, 0.25) is 0 Å². The van der Waals surface area contributed by atoms with Crippen LogP contribution in [0.5, 0.6) is 23.0 Å². The normalized spacial score (nSPS) is 10.7. The molecule has 0 aliphatic carbocycles. The van der Waals surface area contributed by atoms with Gasteiger partial charge in [-0.2, -0.15) is 0 Å². The lowest BCUT2D eigenvalue weighted by Crippen LogP contribution is -2.00. The zero-order chi connectivity index (χ0) is 19.2. The van der Waals surface area contributed by atoms with Crippen molar-refractivity contribution >= 4 is 10.8 Å². The highest BCUT2D eigenvalue weighted by Crippen LogP contribution is 2.34. The molecule has 1 heterocycles. The van der Waals surface area contributed by atoms with Gasteiger partial charge in [-0.05, 0) is 55.1 Å². The quantitative estimate of drug-likeness (QED) is 0.580. The van der Waals surface area contributed by atoms with Gasteiger partial charge in [0.05, 0.1) is 33.1 Å². The number of nitrogens with zero attached hydrogens (tertiary/aromatic N) is 1. The number of hydrogen-bond donors (Lipinski definition) is 0. The molecule has 0 N–H and O–H groups in total. The summed E-state index contributed by atoms with van der Waals surface area (Å²) >= 11 is 0. The summed E-state index contributed by atoms with van der Waals surface area (Å²) in [5, 5.41) is 2.11. The van der Waals surface area contributed by atoms with E-state index in [1.165, 1.54) is 0 Å². The molecule has 0 aliphatic heterocycles. The van der Waals surface area contributed by atoms with Gasteiger partial charge in [-0.15, -0.1) is 0 Å². The molecule has 0 unspecified atom stereocenters. The molecular weight excluding hydrogens is 342 g/mol. The second-order valence-corrected chi connectivity index (χ2v) is 6.01. The summed E-state index contributed by atoms with van der Waals surface area (Å²) in [5.74, 6) is 2.93. The van der Waals surface area contributed by atoms with E-state index < -0.39 is 0 Å². The Morgan fingerprint density at radius 3 is 2.19 bits per heavy atom. The van der Waals surface area contributed by atoms with Crippen molar-refractivity contribution < 1.29 is 18.9 Å². The molecule has 0 fully saturated rings. The first kappa shape index (κ1) is 18.8. The molecule has 0 spiro atoms. The zero-order valence-electron chi connectivity index (χ0n) is 16.2. The molecule has 3 aromatic rings. The van der Waals surface area contributed by atoms with Gasteiger partial charge in [-0.3, -0.25) is 4.98 Å². The van der Waals surface area contributed by atoms with Crippen molar-refractivity contribution in [2.24, 2.45) is 0 Å². The highest BCUT2D eigenvalue weighted by molar-refractivity contribution is 5.88. The van der Waals surface area contributed by atoms with E-state index in [0.29, 0.717) is 31.1 Å². The predicted octanol–water partition coefficient (Wildman–Crippen LogP) is 4.64. The fraction of sp³-hybridized carbons (Fsp3) is 0.318. The summed E-state index contributed by atoms with van der Waals surface area (Å²) in [5.41, 5.74) is 2.08. The van der Waals surface area contributed by atoms with Gasteiger partial charge in [0.25, 0.3) is 0 Å². The van der Waals surface area contributed by atoms with Crippen LogP contribution in [0.2, 0.25) is 0 Å². The van der Waals surface area contributed by atoms with Gasteiger partial charge in [0.1, 0.15) is 0 Å². The fourth-order valence-corrected chi connectivity index (χ4v) is 3.10. The van der Waals surface area contributed by atoms with Crippen molar-refractivity contribution in [1.29, 1.82) is 0 Å². The summed E-state index contributed by atoms with van der Waals surface area (Å²) in [7, 11) is 3.28. The highest BCUT2D eigenvalue weighted by Gasteiger charge is 2.12. The molecule has 0 saturated carbocycles. The summed E-state index contributed by atoms with van der Waals surface area (Å²) in [6.45, 7) is 5.12. The molecule has 1 aromatic heterocycles. The predicted molar refractivity (Wildman–Crippen MR) is 106 cm³/mol. The van der Waals surface area contributed by atoms with E-state index in [1.807, 2.05) is 50.4 Å². The first-order chi connectivity index (χ1) is 13.2. The Labute approximate surface area is 159 Å². The third kappa shape index (κ3) is 4.08. The van der Waals surface area contributed by atoms with E-state index in [-0.39, 0.29) is 0 Å². The number of aromatic nitrogens is 1. The number of benzene rings is 2. The number of methoxy groups -OCH3 is 2. The summed E-state index contributed by atoms with van der Waals surface area (Å²) in [6, 6.07) is 12.0. The maximum absolute atomic E-state index is 5.74. The Hall–Kier alpha value is -2.95. The van der Waals surface area contributed by atoms with Gasteiger partial charge in [0, 0.05) is 18.0 Å². The SMILES string of the molecule is CCOc1ccc(Cc2nccc3cc(OC)c(OC)cc23)cc1OCC. The van der Waals surface area contributed by atoms with Crippen LogP contribution in [-0.4, -0.2) is 32.4 Å². The van der Waals surface area contributed by atoms with E-state index >= 15 is 0 Å². The molecule has 5 nitrogen and oxygen atoms in total. The van der Waals surface area contributed by atoms with Crippen molar-refractivity contribution in [2.45, 2.75) is 20.3 Å². The summed E-state index contributed by atoms with van der Waals surface area (Å²) < 4.78 is 22.2. The van der Waals surface area contributed by atoms with Gasteiger partial charge < -0.3 is 18.9 Å². The molecule has 27 heavy (non-hydrogen) atoms. The van der Waals surface area contributed by atoms with Crippen LogP contribution in [-0.2, 0) is 6.42 Å². The average Bonchev–Trinajstić information content (AvgIpc) is 2.69. The molecule has 5 heteroatoms. The van der Waals surface area contributed by atoms with Crippen LogP contribution in [0.25, 0.3) is 10.8 Å². The van der Waals surface area contributed by atoms with E-state index in [9.17, 15) is 0 Å². The van der Waals surface area contributed by atoms with Crippen LogP contribution < -0.4 is 18.9 Å². The molecule has 0 saturated heterocycles. The van der Waals surface area contributed by atoms with E-state index in [2.05, 4.69) is 11.1 Å². The largest absolute Gasteiger partial charge is 0.493 e. The first-order valence-corrected chi connectivity index (χ1v) is 9.08. The molecule has 3 rings (SSSR count). The molecule has 142 valence electrons. The van der Waals surface area contributed by atoms with E-state index in [1.54, 1.807) is 14.2 Å². The first-order valence-electron chi connectivity index (χ1n) is 9.08. The monoisotopic (exact) mass is 367 g/mol. The minimum Gasteiger partial charge on any atom is -0.493 e. The maximum atomic E-state index is 5.74. The molecule has 0 radical (unpaired) electrons. The Morgan fingerprint density at radius 1 is 0.778 bits per heavy atom. The van der Waals surface area contributed by atoms with E-state index in [0.717, 1.165) is 33.5 Å². The molecule has 0 bridgehead atoms. The summed E-state index contributed by atoms with van der Waals surface area (Å²) in [4.78, 5) is 4.60. The second-order valence-electron chi connectivity index (χ2n) is 6.01. The van der Waals surface area contributed by atoms with Crippen molar-refractivity contribution in [3.63, 3.8) is 0 Å². The lowest BCUT2D eigenvalue weighted by atomic mass is 10.0. The number of fused-ring (bicyclic) bond motifs is 1. The van der Waals surface area contributed by atoms with Crippen molar-refractivity contribution in [3.8, 4) is 23.0 Å². The summed E-state index contributed by atoms with van der Waals surface area (Å²) in [6.07, 6.45) is 2.50. The molecule has 0 atom stereocenters. The number of ether oxygens (including phenoxy) is 4. The van der Waals surface area contributed by atoms with Crippen molar-refractivity contribution in [2.75, 3.05) is 27.4 Å². The zero-order valence-corrected chi connectivity index (χ0v) is 16.2. The average molecular weight is 367 g/mol. The van der Waals surface area contributed by atoms with Crippen LogP contribution in [0.3, 0.4) is 0 Å². The molecule has 0 aliphatic rings. The number of rotatable bonds is 8. The minimum absolute atomic E-state index is 0.590. The molecular formula is C22H25NO4. The number of hydrogen-bond acceptors (Lipinski definition) is 5. The van der Waals surface area contributed by atoms with Crippen LogP contribution in [0.4, 0.5) is 0 Å². The Bertz CT molecular complexity index is 924. The Kier molecular flexibility index (Phi) is 6.01. The van der Waals surface area contributed by atoms with Crippen molar-refractivity contribution in [1.82, 2.24) is 4.98 Å². The van der Waals surface area contributed by atoms with Crippen LogP contribution >= 0.6 is 0 Å². The lowest BCUT2D eigenvalue weighted by Gasteiger charge is -2.14. The standard InChI is InChI=1S/C22H25NO4/c1-5-26-19-8-7-15(12-22(19)27-6-2)11-18-17-14-21(25-4)20(24-3)13-16(17)9-10-23-18/h7-10,12-14H,5-6,11H2,1-4H3. The third-order valence-electron chi connectivity index (χ3n) is 4.33. The topological polar surface area (TPSA) is 49.8 Å². The smallest absolute Gasteiger partial charge is 0.161 e.